The summed E-state index contributed by atoms with van der Waals surface area (Å²) >= 11 is 7.24. The fourth-order valence-corrected chi connectivity index (χ4v) is 5.00. The van der Waals surface area contributed by atoms with Crippen LogP contribution in [-0.2, 0) is 5.41 Å². The Kier molecular flexibility index (Phi) is 5.15. The molecule has 4 aromatic carbocycles. The molecule has 2 nitrogen and oxygen atoms in total. The van der Waals surface area contributed by atoms with Gasteiger partial charge in [-0.3, -0.25) is 0 Å². The second-order valence-electron chi connectivity index (χ2n) is 8.14. The van der Waals surface area contributed by atoms with Crippen molar-refractivity contribution in [2.24, 2.45) is 0 Å². The summed E-state index contributed by atoms with van der Waals surface area (Å²) in [4.78, 5) is 2.33. The predicted molar refractivity (Wildman–Crippen MR) is 135 cm³/mol. The van der Waals surface area contributed by atoms with Gasteiger partial charge in [-0.1, -0.05) is 62.4 Å². The average molecular weight is 535 g/mol. The van der Waals surface area contributed by atoms with E-state index in [0.717, 1.165) is 26.1 Å². The number of nitrogens with zero attached hydrogens (tertiary/aromatic N) is 1. The smallest absolute Gasteiger partial charge is 0.143 e. The van der Waals surface area contributed by atoms with Crippen LogP contribution in [0, 0.1) is 0 Å². The molecule has 0 unspecified atom stereocenters. The molecule has 0 radical (unpaired) electrons. The van der Waals surface area contributed by atoms with Crippen LogP contribution >= 0.6 is 31.9 Å². The summed E-state index contributed by atoms with van der Waals surface area (Å²) in [5.74, 6) is 1.55. The van der Waals surface area contributed by atoms with Crippen molar-refractivity contribution in [1.82, 2.24) is 0 Å². The van der Waals surface area contributed by atoms with E-state index in [-0.39, 0.29) is 5.41 Å². The minimum Gasteiger partial charge on any atom is -0.455 e. The lowest BCUT2D eigenvalue weighted by molar-refractivity contribution is 0.477. The normalized spacial score (nSPS) is 14.0. The van der Waals surface area contributed by atoms with Gasteiger partial charge >= 0.3 is 0 Å². The molecule has 1 heterocycles. The van der Waals surface area contributed by atoms with Gasteiger partial charge < -0.3 is 9.64 Å². The number of ether oxygens (including phenoxy) is 1. The molecule has 0 aromatic heterocycles. The van der Waals surface area contributed by atoms with Crippen molar-refractivity contribution >= 4 is 48.9 Å². The van der Waals surface area contributed by atoms with E-state index in [1.54, 1.807) is 0 Å². The molecule has 0 amide bonds. The summed E-state index contributed by atoms with van der Waals surface area (Å²) in [6.07, 6.45) is 0. The predicted octanol–water partition coefficient (Wildman–Crippen LogP) is 9.11. The van der Waals surface area contributed by atoms with Crippen LogP contribution in [0.5, 0.6) is 11.5 Å². The van der Waals surface area contributed by atoms with E-state index in [9.17, 15) is 0 Å². The zero-order valence-corrected chi connectivity index (χ0v) is 20.4. The first-order chi connectivity index (χ1) is 15.0. The first kappa shape index (κ1) is 20.3. The molecular weight excluding hydrogens is 514 g/mol. The number of anilines is 3. The highest BCUT2D eigenvalue weighted by Gasteiger charge is 2.36. The molecule has 154 valence electrons. The molecule has 0 spiro atoms. The maximum atomic E-state index is 6.27. The first-order valence-electron chi connectivity index (χ1n) is 10.2. The lowest BCUT2D eigenvalue weighted by Crippen LogP contribution is -2.30. The summed E-state index contributed by atoms with van der Waals surface area (Å²) < 4.78 is 8.10. The second-order valence-corrected chi connectivity index (χ2v) is 9.85. The van der Waals surface area contributed by atoms with Gasteiger partial charge in [0, 0.05) is 17.2 Å². The molecule has 0 N–H and O–H groups in total. The third-order valence-corrected chi connectivity index (χ3v) is 7.18. The fourth-order valence-electron chi connectivity index (χ4n) is 4.30. The van der Waals surface area contributed by atoms with Crippen LogP contribution in [0.25, 0.3) is 0 Å². The molecule has 0 bridgehead atoms. The first-order valence-corrected chi connectivity index (χ1v) is 11.8. The Morgan fingerprint density at radius 3 is 1.84 bits per heavy atom. The van der Waals surface area contributed by atoms with E-state index in [0.29, 0.717) is 0 Å². The van der Waals surface area contributed by atoms with Gasteiger partial charge in [-0.25, -0.2) is 0 Å². The van der Waals surface area contributed by atoms with Gasteiger partial charge in [0.05, 0.1) is 20.3 Å². The molecule has 1 aliphatic heterocycles. The van der Waals surface area contributed by atoms with E-state index in [1.165, 1.54) is 22.5 Å². The van der Waals surface area contributed by atoms with Crippen molar-refractivity contribution in [2.45, 2.75) is 19.3 Å². The molecule has 4 heteroatoms. The molecule has 5 rings (SSSR count). The summed E-state index contributed by atoms with van der Waals surface area (Å²) in [5.41, 5.74) is 5.99. The highest BCUT2D eigenvalue weighted by Crippen LogP contribution is 2.52. The molecule has 1 aliphatic rings. The number of hydrogen-bond donors (Lipinski definition) is 0. The zero-order valence-electron chi connectivity index (χ0n) is 17.3. The third kappa shape index (κ3) is 3.48. The minimum absolute atomic E-state index is 0.0761. The number of hydrogen-bond acceptors (Lipinski definition) is 2. The molecule has 0 saturated heterocycles. The van der Waals surface area contributed by atoms with Gasteiger partial charge in [-0.2, -0.15) is 0 Å². The van der Waals surface area contributed by atoms with Gasteiger partial charge in [0.15, 0.2) is 0 Å². The van der Waals surface area contributed by atoms with E-state index in [2.05, 4.69) is 111 Å². The van der Waals surface area contributed by atoms with Crippen LogP contribution < -0.4 is 9.64 Å². The molecule has 0 atom stereocenters. The average Bonchev–Trinajstić information content (AvgIpc) is 2.78. The lowest BCUT2D eigenvalue weighted by atomic mass is 9.73. The van der Waals surface area contributed by atoms with Crippen molar-refractivity contribution in [3.8, 4) is 11.5 Å². The molecule has 0 fully saturated rings. The van der Waals surface area contributed by atoms with Crippen LogP contribution in [-0.4, -0.2) is 0 Å². The van der Waals surface area contributed by atoms with Gasteiger partial charge in [0.1, 0.15) is 11.5 Å². The van der Waals surface area contributed by atoms with Gasteiger partial charge in [-0.05, 0) is 79.4 Å². The summed E-state index contributed by atoms with van der Waals surface area (Å²) in [5, 5.41) is 0. The zero-order chi connectivity index (χ0) is 21.6. The molecule has 0 saturated carbocycles. The minimum atomic E-state index is -0.0761. The quantitative estimate of drug-likeness (QED) is 0.260. The van der Waals surface area contributed by atoms with Crippen LogP contribution in [0.2, 0.25) is 0 Å². The Morgan fingerprint density at radius 2 is 1.19 bits per heavy atom. The molecular formula is C27H21Br2NO. The Labute approximate surface area is 199 Å². The number of halogens is 2. The molecule has 4 aromatic rings. The van der Waals surface area contributed by atoms with Crippen LogP contribution in [0.15, 0.2) is 99.9 Å². The van der Waals surface area contributed by atoms with E-state index in [1.807, 2.05) is 30.3 Å². The Balaban J connectivity index is 1.67. The van der Waals surface area contributed by atoms with E-state index >= 15 is 0 Å². The third-order valence-electron chi connectivity index (χ3n) is 5.87. The maximum Gasteiger partial charge on any atom is 0.143 e. The van der Waals surface area contributed by atoms with Gasteiger partial charge in [0.2, 0.25) is 0 Å². The monoisotopic (exact) mass is 533 g/mol. The van der Waals surface area contributed by atoms with E-state index < -0.39 is 0 Å². The number of benzene rings is 4. The standard InChI is InChI=1S/C27H21Br2NO/c1-27(2)19-9-3-6-12-23(19)30(24-13-7-4-10-20(24)27)18-15-16-22(29)26(17-18)31-25-14-8-5-11-21(25)28/h3-17H,1-2H3. The lowest BCUT2D eigenvalue weighted by Gasteiger charge is -2.42. The van der Waals surface area contributed by atoms with Crippen LogP contribution in [0.3, 0.4) is 0 Å². The highest BCUT2D eigenvalue weighted by atomic mass is 79.9. The van der Waals surface area contributed by atoms with Gasteiger partial charge in [0.25, 0.3) is 0 Å². The maximum absolute atomic E-state index is 6.27. The topological polar surface area (TPSA) is 12.5 Å². The van der Waals surface area contributed by atoms with E-state index in [4.69, 9.17) is 4.74 Å². The van der Waals surface area contributed by atoms with Crippen molar-refractivity contribution in [3.63, 3.8) is 0 Å². The molecule has 0 aliphatic carbocycles. The summed E-state index contributed by atoms with van der Waals surface area (Å²) in [6.45, 7) is 4.59. The van der Waals surface area contributed by atoms with Crippen molar-refractivity contribution < 1.29 is 4.74 Å². The van der Waals surface area contributed by atoms with Crippen LogP contribution in [0.1, 0.15) is 25.0 Å². The Morgan fingerprint density at radius 1 is 0.645 bits per heavy atom. The SMILES string of the molecule is CC1(C)c2ccccc2N(c2ccc(Br)c(Oc3ccccc3Br)c2)c2ccccc21. The van der Waals surface area contributed by atoms with Crippen molar-refractivity contribution in [3.05, 3.63) is 111 Å². The summed E-state index contributed by atoms with van der Waals surface area (Å²) in [7, 11) is 0. The highest BCUT2D eigenvalue weighted by molar-refractivity contribution is 9.11. The number of para-hydroxylation sites is 3. The summed E-state index contributed by atoms with van der Waals surface area (Å²) in [6, 6.07) is 31.5. The van der Waals surface area contributed by atoms with Crippen LogP contribution in [0.4, 0.5) is 17.1 Å². The van der Waals surface area contributed by atoms with Gasteiger partial charge in [-0.15, -0.1) is 0 Å². The second kappa shape index (κ2) is 7.85. The largest absolute Gasteiger partial charge is 0.455 e. The number of rotatable bonds is 3. The van der Waals surface area contributed by atoms with Crippen molar-refractivity contribution in [2.75, 3.05) is 4.90 Å². The fraction of sp³-hybridized carbons (Fsp3) is 0.111. The number of fused-ring (bicyclic) bond motifs is 2. The molecule has 31 heavy (non-hydrogen) atoms. The Bertz CT molecular complexity index is 1230. The van der Waals surface area contributed by atoms with Crippen molar-refractivity contribution in [1.29, 1.82) is 0 Å². The Hall–Kier alpha value is -2.56.